The second-order valence-corrected chi connectivity index (χ2v) is 11.1. The third kappa shape index (κ3) is 7.47. The number of halogens is 1. The number of hydrogen-bond donors (Lipinski definition) is 4. The summed E-state index contributed by atoms with van der Waals surface area (Å²) in [6, 6.07) is 24.3. The fraction of sp³-hybridized carbons (Fsp3) is 0.242. The summed E-state index contributed by atoms with van der Waals surface area (Å²) in [4.78, 5) is 23.7. The van der Waals surface area contributed by atoms with Crippen LogP contribution in [0.1, 0.15) is 47.2 Å². The molecule has 8 nitrogen and oxygen atoms in total. The van der Waals surface area contributed by atoms with Gasteiger partial charge in [-0.2, -0.15) is 4.98 Å². The average Bonchev–Trinajstić information content (AvgIpc) is 3.03. The molecule has 4 N–H and O–H groups in total. The van der Waals surface area contributed by atoms with E-state index in [1.165, 1.54) is 24.0 Å². The molecule has 0 spiro atoms. The van der Waals surface area contributed by atoms with Crippen LogP contribution < -0.4 is 21.3 Å². The van der Waals surface area contributed by atoms with Crippen LogP contribution in [0.2, 0.25) is 0 Å². The van der Waals surface area contributed by atoms with Crippen molar-refractivity contribution in [2.45, 2.75) is 32.2 Å². The second-order valence-electron chi connectivity index (χ2n) is 10.3. The molecule has 0 saturated carbocycles. The van der Waals surface area contributed by atoms with E-state index >= 15 is 0 Å². The van der Waals surface area contributed by atoms with Crippen molar-refractivity contribution in [2.24, 2.45) is 0 Å². The lowest BCUT2D eigenvalue weighted by molar-refractivity contribution is 0.0964. The average molecular weight is 627 g/mol. The van der Waals surface area contributed by atoms with Gasteiger partial charge in [0.05, 0.1) is 15.7 Å². The number of nitrogens with zero attached hydrogens (tertiary/aromatic N) is 3. The first-order chi connectivity index (χ1) is 20.5. The van der Waals surface area contributed by atoms with Crippen LogP contribution >= 0.6 is 15.9 Å². The first-order valence-corrected chi connectivity index (χ1v) is 15.0. The number of carbonyl (C=O) groups is 1. The second kappa shape index (κ2) is 14.0. The number of carbonyl (C=O) groups excluding carboxylic acids is 1. The fourth-order valence-electron chi connectivity index (χ4n) is 5.13. The number of nitrogens with one attached hydrogen (secondary N) is 4. The molecule has 0 radical (unpaired) electrons. The Morgan fingerprint density at radius 2 is 1.88 bits per heavy atom. The van der Waals surface area contributed by atoms with Gasteiger partial charge in [-0.05, 0) is 89.4 Å². The first kappa shape index (κ1) is 29.1. The number of likely N-dealkylation sites (tertiary alicyclic amines) is 1. The van der Waals surface area contributed by atoms with Gasteiger partial charge in [0, 0.05) is 50.2 Å². The number of piperidine rings is 1. The largest absolute Gasteiger partial charge is 0.381 e. The van der Waals surface area contributed by atoms with Crippen LogP contribution in [0.5, 0.6) is 0 Å². The van der Waals surface area contributed by atoms with Crippen LogP contribution in [0.25, 0.3) is 0 Å². The molecule has 0 aliphatic carbocycles. The molecule has 4 aromatic rings. The summed E-state index contributed by atoms with van der Waals surface area (Å²) in [5.74, 6) is 1.37. The molecule has 1 aliphatic rings. The predicted molar refractivity (Wildman–Crippen MR) is 175 cm³/mol. The van der Waals surface area contributed by atoms with Gasteiger partial charge >= 0.3 is 0 Å². The number of amides is 1. The van der Waals surface area contributed by atoms with E-state index in [9.17, 15) is 4.79 Å². The molecule has 1 aliphatic heterocycles. The van der Waals surface area contributed by atoms with Crippen molar-refractivity contribution in [3.8, 4) is 0 Å². The van der Waals surface area contributed by atoms with E-state index in [-0.39, 0.29) is 5.91 Å². The summed E-state index contributed by atoms with van der Waals surface area (Å²) < 4.78 is 0.684. The number of benzene rings is 3. The number of anilines is 5. The van der Waals surface area contributed by atoms with Gasteiger partial charge < -0.3 is 26.2 Å². The van der Waals surface area contributed by atoms with Gasteiger partial charge in [0.25, 0.3) is 5.91 Å². The molecule has 1 saturated heterocycles. The van der Waals surface area contributed by atoms with Gasteiger partial charge in [-0.3, -0.25) is 4.79 Å². The monoisotopic (exact) mass is 625 g/mol. The maximum absolute atomic E-state index is 12.3. The third-order valence-electron chi connectivity index (χ3n) is 7.27. The molecule has 5 rings (SSSR count). The number of aromatic nitrogens is 2. The smallest absolute Gasteiger partial charge is 0.253 e. The number of rotatable bonds is 10. The summed E-state index contributed by atoms with van der Waals surface area (Å²) in [6.07, 6.45) is 8.47. The van der Waals surface area contributed by atoms with E-state index in [1.54, 1.807) is 19.3 Å². The van der Waals surface area contributed by atoms with E-state index < -0.39 is 0 Å². The van der Waals surface area contributed by atoms with Crippen LogP contribution in [0, 0.1) is 0 Å². The molecule has 0 bridgehead atoms. The summed E-state index contributed by atoms with van der Waals surface area (Å²) in [7, 11) is 1.61. The van der Waals surface area contributed by atoms with Gasteiger partial charge in [-0.15, -0.1) is 0 Å². The zero-order valence-corrected chi connectivity index (χ0v) is 25.5. The Hall–Kier alpha value is -4.37. The molecule has 1 aromatic heterocycles. The zero-order valence-electron chi connectivity index (χ0n) is 23.9. The number of para-hydroxylation sites is 1. The lowest BCUT2D eigenvalue weighted by Crippen LogP contribution is -2.30. The van der Waals surface area contributed by atoms with E-state index in [2.05, 4.69) is 108 Å². The van der Waals surface area contributed by atoms with Gasteiger partial charge in [0.15, 0.2) is 0 Å². The Morgan fingerprint density at radius 3 is 2.69 bits per heavy atom. The molecule has 1 amide bonds. The van der Waals surface area contributed by atoms with Crippen molar-refractivity contribution in [2.75, 3.05) is 36.1 Å². The minimum Gasteiger partial charge on any atom is -0.381 e. The van der Waals surface area contributed by atoms with Crippen molar-refractivity contribution in [3.63, 3.8) is 0 Å². The fourth-order valence-corrected chi connectivity index (χ4v) is 5.42. The van der Waals surface area contributed by atoms with E-state index in [0.717, 1.165) is 31.0 Å². The topological polar surface area (TPSA) is 94.2 Å². The van der Waals surface area contributed by atoms with Crippen molar-refractivity contribution in [1.82, 2.24) is 20.2 Å². The molecule has 1 unspecified atom stereocenters. The van der Waals surface area contributed by atoms with Crippen LogP contribution in [-0.2, 0) is 6.54 Å². The van der Waals surface area contributed by atoms with E-state index in [0.29, 0.717) is 33.4 Å². The Morgan fingerprint density at radius 1 is 1.05 bits per heavy atom. The van der Waals surface area contributed by atoms with Crippen molar-refractivity contribution >= 4 is 50.7 Å². The number of allylic oxidation sites excluding steroid dienone is 1. The third-order valence-corrected chi connectivity index (χ3v) is 7.85. The Kier molecular flexibility index (Phi) is 9.71. The first-order valence-electron chi connectivity index (χ1n) is 14.2. The predicted octanol–water partition coefficient (Wildman–Crippen LogP) is 7.41. The van der Waals surface area contributed by atoms with E-state index in [4.69, 9.17) is 0 Å². The minimum absolute atomic E-state index is 0.176. The summed E-state index contributed by atoms with van der Waals surface area (Å²) in [6.45, 7) is 5.03. The molecule has 1 fully saturated rings. The van der Waals surface area contributed by atoms with Crippen LogP contribution in [0.15, 0.2) is 95.7 Å². The SMILES string of the molecule is CC=CN1CCCC(c2cccc(NCc3ccc(Nc4ncc(Br)c(Nc5ccccc5C(=O)NC)n4)cc3)c2)C1. The molecule has 1 atom stereocenters. The van der Waals surface area contributed by atoms with Crippen molar-refractivity contribution in [3.05, 3.63) is 112 Å². The van der Waals surface area contributed by atoms with Crippen LogP contribution in [0.4, 0.5) is 28.8 Å². The minimum atomic E-state index is -0.176. The Balaban J connectivity index is 1.20. The Labute approximate surface area is 255 Å². The normalized spacial score (nSPS) is 14.9. The van der Waals surface area contributed by atoms with E-state index in [1.807, 2.05) is 30.3 Å². The van der Waals surface area contributed by atoms with Crippen LogP contribution in [-0.4, -0.2) is 40.9 Å². The standard InChI is InChI=1S/C33H36BrN7O/c1-3-17-41-18-7-9-25(22-41)24-8-6-10-27(19-24)36-20-23-13-15-26(16-14-23)38-33-37-21-29(34)31(40-33)39-30-12-5-4-11-28(30)32(42)35-2/h3-6,8,10-17,19,21,25,36H,7,9,18,20,22H2,1-2H3,(H,35,42)(H2,37,38,39,40). The van der Waals surface area contributed by atoms with Gasteiger partial charge in [0.2, 0.25) is 5.95 Å². The molecule has 216 valence electrons. The summed E-state index contributed by atoms with van der Waals surface area (Å²) in [5.41, 5.74) is 5.77. The zero-order chi connectivity index (χ0) is 29.3. The highest BCUT2D eigenvalue weighted by Crippen LogP contribution is 2.30. The summed E-state index contributed by atoms with van der Waals surface area (Å²) >= 11 is 3.51. The van der Waals surface area contributed by atoms with Crippen molar-refractivity contribution < 1.29 is 4.79 Å². The number of hydrogen-bond acceptors (Lipinski definition) is 7. The van der Waals surface area contributed by atoms with Crippen LogP contribution in [0.3, 0.4) is 0 Å². The quantitative estimate of drug-likeness (QED) is 0.146. The maximum Gasteiger partial charge on any atom is 0.253 e. The van der Waals surface area contributed by atoms with Crippen molar-refractivity contribution in [1.29, 1.82) is 0 Å². The van der Waals surface area contributed by atoms with Gasteiger partial charge in [0.1, 0.15) is 5.82 Å². The lowest BCUT2D eigenvalue weighted by atomic mass is 9.90. The van der Waals surface area contributed by atoms with Gasteiger partial charge in [-0.1, -0.05) is 42.5 Å². The maximum atomic E-state index is 12.3. The Bertz CT molecular complexity index is 1540. The highest BCUT2D eigenvalue weighted by atomic mass is 79.9. The molecular weight excluding hydrogens is 590 g/mol. The molecular formula is C33H36BrN7O. The molecule has 2 heterocycles. The highest BCUT2D eigenvalue weighted by molar-refractivity contribution is 9.10. The van der Waals surface area contributed by atoms with Gasteiger partial charge in [-0.25, -0.2) is 4.98 Å². The summed E-state index contributed by atoms with van der Waals surface area (Å²) in [5, 5.41) is 12.8. The molecule has 3 aromatic carbocycles. The lowest BCUT2D eigenvalue weighted by Gasteiger charge is -2.32. The molecule has 9 heteroatoms. The molecule has 42 heavy (non-hydrogen) atoms. The highest BCUT2D eigenvalue weighted by Gasteiger charge is 2.19.